The predicted molar refractivity (Wildman–Crippen MR) is 159 cm³/mol. The van der Waals surface area contributed by atoms with Crippen LogP contribution < -0.4 is 38.7 Å². The quantitative estimate of drug-likeness (QED) is 0.282. The Labute approximate surface area is 253 Å². The number of aryl methyl sites for hydroxylation is 2. The minimum atomic E-state index is -0.377. The van der Waals surface area contributed by atoms with Crippen molar-refractivity contribution < 1.29 is 31.2 Å². The zero-order chi connectivity index (χ0) is 28.7. The van der Waals surface area contributed by atoms with E-state index in [4.69, 9.17) is 32.5 Å². The molecular weight excluding hydrogens is 563 g/mol. The van der Waals surface area contributed by atoms with E-state index in [1.54, 1.807) is 14.2 Å². The molecule has 5 N–H and O–H groups in total. The van der Waals surface area contributed by atoms with Crippen LogP contribution in [0, 0.1) is 0 Å². The molecule has 0 bridgehead atoms. The second kappa shape index (κ2) is 14.6. The van der Waals surface area contributed by atoms with Crippen LogP contribution in [0.25, 0.3) is 0 Å². The molecule has 2 aromatic carbocycles. The molecule has 2 atom stereocenters. The van der Waals surface area contributed by atoms with Crippen LogP contribution in [-0.2, 0) is 12.8 Å². The van der Waals surface area contributed by atoms with Gasteiger partial charge in [-0.25, -0.2) is 9.97 Å². The van der Waals surface area contributed by atoms with Gasteiger partial charge in [0, 0.05) is 12.8 Å². The summed E-state index contributed by atoms with van der Waals surface area (Å²) in [6.07, 6.45) is 5.90. The van der Waals surface area contributed by atoms with E-state index < -0.39 is 0 Å². The summed E-state index contributed by atoms with van der Waals surface area (Å²) in [7, 11) is 5.69. The van der Waals surface area contributed by atoms with Crippen molar-refractivity contribution in [1.82, 2.24) is 15.3 Å². The number of rotatable bonds is 11. The first kappa shape index (κ1) is 32.2. The van der Waals surface area contributed by atoms with Gasteiger partial charge in [0.2, 0.25) is 0 Å². The van der Waals surface area contributed by atoms with Crippen LogP contribution in [-0.4, -0.2) is 66.8 Å². The lowest BCUT2D eigenvalue weighted by Gasteiger charge is -2.47. The molecule has 1 unspecified atom stereocenters. The maximum Gasteiger partial charge on any atom is 0.274 e. The lowest BCUT2D eigenvalue weighted by Crippen LogP contribution is -3.00. The maximum absolute atomic E-state index is 13.1. The lowest BCUT2D eigenvalue weighted by molar-refractivity contribution is -0.939. The minimum Gasteiger partial charge on any atom is -1.00 e. The number of aromatic nitrogens is 2. The Morgan fingerprint density at radius 1 is 0.976 bits per heavy atom. The van der Waals surface area contributed by atoms with Crippen molar-refractivity contribution in [2.45, 2.75) is 50.6 Å². The Balaban J connectivity index is 0.00000462. The van der Waals surface area contributed by atoms with Crippen LogP contribution >= 0.6 is 11.6 Å². The number of hydrogen-bond donors (Lipinski definition) is 3. The zero-order valence-electron chi connectivity index (χ0n) is 23.9. The van der Waals surface area contributed by atoms with Crippen LogP contribution in [0.3, 0.4) is 0 Å². The number of nitrogens with two attached hydrogens (primary N) is 2. The first-order chi connectivity index (χ1) is 19.2. The first-order valence-corrected chi connectivity index (χ1v) is 14.1. The number of quaternary nitrogens is 1. The van der Waals surface area contributed by atoms with Gasteiger partial charge in [-0.1, -0.05) is 35.9 Å². The number of halogens is 2. The number of hydrogen-bond acceptors (Lipinski definition) is 7. The molecule has 0 radical (unpaired) electrons. The number of anilines is 2. The highest BCUT2D eigenvalue weighted by Gasteiger charge is 2.38. The van der Waals surface area contributed by atoms with Gasteiger partial charge < -0.3 is 43.1 Å². The van der Waals surface area contributed by atoms with E-state index in [0.29, 0.717) is 6.04 Å². The zero-order valence-corrected chi connectivity index (χ0v) is 25.4. The Kier molecular flexibility index (Phi) is 11.5. The Hall–Kier alpha value is -3.27. The van der Waals surface area contributed by atoms with Crippen molar-refractivity contribution in [3.8, 4) is 11.5 Å². The smallest absolute Gasteiger partial charge is 0.274 e. The second-order valence-corrected chi connectivity index (χ2v) is 11.1. The highest BCUT2D eigenvalue weighted by molar-refractivity contribution is 6.31. The summed E-state index contributed by atoms with van der Waals surface area (Å²) in [6, 6.07) is 17.0. The topological polar surface area (TPSA) is 125 Å². The van der Waals surface area contributed by atoms with Gasteiger partial charge >= 0.3 is 0 Å². The van der Waals surface area contributed by atoms with Crippen LogP contribution in [0.4, 0.5) is 11.6 Å². The van der Waals surface area contributed by atoms with E-state index in [9.17, 15) is 4.79 Å². The van der Waals surface area contributed by atoms with Crippen molar-refractivity contribution in [2.75, 3.05) is 45.8 Å². The third kappa shape index (κ3) is 8.38. The highest BCUT2D eigenvalue weighted by atomic mass is 35.5. The summed E-state index contributed by atoms with van der Waals surface area (Å²) in [5, 5.41) is 3.11. The molecule has 0 aliphatic carbocycles. The molecule has 9 nitrogen and oxygen atoms in total. The normalized spacial score (nSPS) is 18.4. The number of piperidine rings is 1. The Bertz CT molecular complexity index is 1240. The number of ether oxygens (including phenoxy) is 2. The first-order valence-electron chi connectivity index (χ1n) is 13.7. The monoisotopic (exact) mass is 602 g/mol. The summed E-state index contributed by atoms with van der Waals surface area (Å²) in [6.45, 7) is 1.87. The third-order valence-electron chi connectivity index (χ3n) is 8.05. The van der Waals surface area contributed by atoms with Crippen LogP contribution in [0.15, 0.2) is 48.5 Å². The minimum absolute atomic E-state index is 0. The van der Waals surface area contributed by atoms with Crippen molar-refractivity contribution in [3.05, 3.63) is 70.5 Å². The van der Waals surface area contributed by atoms with E-state index >= 15 is 0 Å². The maximum atomic E-state index is 13.1. The number of nitrogens with zero attached hydrogens (tertiary/aromatic N) is 3. The number of carbonyl (C=O) groups is 1. The standard InChI is InChI=1S/C30H39ClN6O3.ClH/c1-37(18-4-5-22(19-37)34-30(38)26-28(32)36-29(33)27(31)35-26)23(12-6-20-8-14-24(39-2)15-9-20)13-7-21-10-16-25(40-3)17-11-21;/h8-11,14-17,22-23H,4-7,12-13,18-19H2,1-3H3,(H4-,32,33,34,36,38);1H/t22-,37?;/m0./s1. The Morgan fingerprint density at radius 2 is 1.51 bits per heavy atom. The van der Waals surface area contributed by atoms with E-state index in [1.807, 2.05) is 24.3 Å². The fourth-order valence-corrected chi connectivity index (χ4v) is 5.84. The van der Waals surface area contributed by atoms with Crippen molar-refractivity contribution in [2.24, 2.45) is 0 Å². The molecule has 11 heteroatoms. The molecule has 0 spiro atoms. The average Bonchev–Trinajstić information content (AvgIpc) is 2.95. The average molecular weight is 604 g/mol. The molecule has 222 valence electrons. The van der Waals surface area contributed by atoms with Gasteiger partial charge in [-0.15, -0.1) is 0 Å². The fraction of sp³-hybridized carbons (Fsp3) is 0.433. The SMILES string of the molecule is COc1ccc(CCC(CCc2ccc(OC)cc2)[N+]2(C)CCC[C@H](NC(=O)c3nc(Cl)c(N)nc3N)C2)cc1.[Cl-]. The molecule has 41 heavy (non-hydrogen) atoms. The number of likely N-dealkylation sites (tertiary alicyclic amines) is 1. The summed E-state index contributed by atoms with van der Waals surface area (Å²) in [4.78, 5) is 21.1. The van der Waals surface area contributed by atoms with E-state index in [-0.39, 0.29) is 46.8 Å². The number of nitrogens with one attached hydrogen (secondary N) is 1. The summed E-state index contributed by atoms with van der Waals surface area (Å²) in [5.41, 5.74) is 14.2. The molecule has 2 heterocycles. The van der Waals surface area contributed by atoms with Crippen LogP contribution in [0.2, 0.25) is 5.15 Å². The molecule has 1 fully saturated rings. The molecular formula is C30H40Cl2N6O3. The van der Waals surface area contributed by atoms with Gasteiger partial charge in [0.25, 0.3) is 5.91 Å². The molecule has 1 amide bonds. The number of likely N-dealkylation sites (N-methyl/N-ethyl adjacent to an activating group) is 1. The van der Waals surface area contributed by atoms with Gasteiger partial charge in [0.15, 0.2) is 22.5 Å². The van der Waals surface area contributed by atoms with E-state index in [1.165, 1.54) is 11.1 Å². The molecule has 1 saturated heterocycles. The summed E-state index contributed by atoms with van der Waals surface area (Å²) in [5.74, 6) is 1.33. The van der Waals surface area contributed by atoms with Crippen molar-refractivity contribution in [1.29, 1.82) is 0 Å². The second-order valence-electron chi connectivity index (χ2n) is 10.8. The number of nitrogen functional groups attached to an aromatic ring is 2. The molecule has 3 aromatic rings. The Morgan fingerprint density at radius 3 is 2.02 bits per heavy atom. The molecule has 1 aliphatic heterocycles. The number of benzene rings is 2. The van der Waals surface area contributed by atoms with Crippen molar-refractivity contribution in [3.63, 3.8) is 0 Å². The predicted octanol–water partition coefficient (Wildman–Crippen LogP) is 1.29. The molecule has 0 saturated carbocycles. The molecule has 1 aromatic heterocycles. The van der Waals surface area contributed by atoms with Gasteiger partial charge in [-0.2, -0.15) is 0 Å². The van der Waals surface area contributed by atoms with Crippen LogP contribution in [0.1, 0.15) is 47.3 Å². The third-order valence-corrected chi connectivity index (χ3v) is 8.32. The number of amides is 1. The van der Waals surface area contributed by atoms with Crippen molar-refractivity contribution >= 4 is 29.1 Å². The van der Waals surface area contributed by atoms with Gasteiger partial charge in [0.1, 0.15) is 11.5 Å². The molecule has 1 aliphatic rings. The highest BCUT2D eigenvalue weighted by Crippen LogP contribution is 2.28. The number of carbonyl (C=O) groups excluding carboxylic acids is 1. The van der Waals surface area contributed by atoms with Crippen LogP contribution in [0.5, 0.6) is 11.5 Å². The summed E-state index contributed by atoms with van der Waals surface area (Å²) < 4.78 is 11.5. The van der Waals surface area contributed by atoms with Gasteiger partial charge in [-0.05, 0) is 61.1 Å². The molecule has 4 rings (SSSR count). The summed E-state index contributed by atoms with van der Waals surface area (Å²) >= 11 is 6.01. The van der Waals surface area contributed by atoms with E-state index in [0.717, 1.165) is 67.6 Å². The fourth-order valence-electron chi connectivity index (χ4n) is 5.72. The largest absolute Gasteiger partial charge is 1.00 e. The lowest BCUT2D eigenvalue weighted by atomic mass is 9.92. The van der Waals surface area contributed by atoms with Gasteiger partial charge in [0.05, 0.1) is 46.4 Å². The van der Waals surface area contributed by atoms with Gasteiger partial charge in [-0.3, -0.25) is 4.79 Å². The number of methoxy groups -OCH3 is 2. The van der Waals surface area contributed by atoms with E-state index in [2.05, 4.69) is 46.6 Å².